The Morgan fingerprint density at radius 2 is 1.92 bits per heavy atom. The maximum Gasteiger partial charge on any atom is 0.300 e. The molecule has 36 heavy (non-hydrogen) atoms. The Morgan fingerprint density at radius 1 is 1.22 bits per heavy atom. The number of amidine groups is 1. The third kappa shape index (κ3) is 7.19. The number of fused-ring (bicyclic) bond motifs is 1. The van der Waals surface area contributed by atoms with Crippen molar-refractivity contribution in [3.05, 3.63) is 58.7 Å². The maximum absolute atomic E-state index is 13.0. The van der Waals surface area contributed by atoms with Crippen molar-refractivity contribution in [3.63, 3.8) is 0 Å². The van der Waals surface area contributed by atoms with Gasteiger partial charge >= 0.3 is 0 Å². The fourth-order valence-electron chi connectivity index (χ4n) is 3.62. The topological polar surface area (TPSA) is 167 Å². The monoisotopic (exact) mass is 499 g/mol. The van der Waals surface area contributed by atoms with Crippen molar-refractivity contribution in [1.29, 1.82) is 5.41 Å². The normalized spacial score (nSPS) is 12.7. The molecule has 0 saturated heterocycles. The molecule has 2 aromatic rings. The van der Waals surface area contributed by atoms with Crippen LogP contribution in [0.15, 0.2) is 36.4 Å². The Bertz CT molecular complexity index is 1120. The molecule has 0 spiro atoms. The molecule has 2 aromatic carbocycles. The number of amides is 2. The predicted molar refractivity (Wildman–Crippen MR) is 135 cm³/mol. The summed E-state index contributed by atoms with van der Waals surface area (Å²) in [5.41, 5.74) is 9.13. The minimum Gasteiger partial charge on any atom is -0.497 e. The van der Waals surface area contributed by atoms with Gasteiger partial charge in [-0.05, 0) is 49.2 Å². The third-order valence-corrected chi connectivity index (χ3v) is 5.22. The average Bonchev–Trinajstić information content (AvgIpc) is 3.16. The fraction of sp³-hybridized carbons (Fsp3) is 0.360. The number of methoxy groups -OCH3 is 1. The van der Waals surface area contributed by atoms with Crippen molar-refractivity contribution in [1.82, 2.24) is 10.2 Å². The summed E-state index contributed by atoms with van der Waals surface area (Å²) in [5.74, 6) is -0.867. The van der Waals surface area contributed by atoms with E-state index in [2.05, 4.69) is 10.6 Å². The summed E-state index contributed by atoms with van der Waals surface area (Å²) in [5, 5.41) is 21.1. The van der Waals surface area contributed by atoms with Crippen LogP contribution in [-0.4, -0.2) is 60.1 Å². The van der Waals surface area contributed by atoms with E-state index in [0.29, 0.717) is 23.4 Å². The number of rotatable bonds is 10. The number of aliphatic carboxylic acids is 1. The molecule has 11 nitrogen and oxygen atoms in total. The maximum atomic E-state index is 13.0. The van der Waals surface area contributed by atoms with Gasteiger partial charge in [0.05, 0.1) is 7.11 Å². The van der Waals surface area contributed by atoms with E-state index in [0.717, 1.165) is 23.7 Å². The average molecular weight is 500 g/mol. The molecule has 0 aliphatic carbocycles. The van der Waals surface area contributed by atoms with E-state index >= 15 is 0 Å². The number of nitrogens with two attached hydrogens (primary N) is 1. The molecule has 6 N–H and O–H groups in total. The summed E-state index contributed by atoms with van der Waals surface area (Å²) in [4.78, 5) is 36.4. The fourth-order valence-corrected chi connectivity index (χ4v) is 3.62. The number of hydrogen-bond donors (Lipinski definition) is 5. The standard InChI is InChI=1S/C23H29N5O4.C2H4O2/c1-4-26-19-11-14(20(24)25)6-7-15(19)12-27-21(29)23(32-5-2)28-13-16-10-17(31-3)8-9-18(16)22(28)30;1-2(3)4/h6-11,23,26H,4-5,12-13H2,1-3H3,(H3,24,25)(H,27,29);1H3,(H,3,4). The summed E-state index contributed by atoms with van der Waals surface area (Å²) in [6.07, 6.45) is -1.05. The Balaban J connectivity index is 0.00000106. The van der Waals surface area contributed by atoms with Crippen LogP contribution in [0, 0.1) is 5.41 Å². The number of carboxylic acids is 1. The number of carboxylic acid groups (broad SMARTS) is 1. The minimum atomic E-state index is -1.05. The number of hydrogen-bond acceptors (Lipinski definition) is 7. The Kier molecular flexibility index (Phi) is 10.2. The Morgan fingerprint density at radius 3 is 2.50 bits per heavy atom. The molecule has 0 saturated carbocycles. The van der Waals surface area contributed by atoms with Crippen LogP contribution in [0.5, 0.6) is 5.75 Å². The number of carbonyl (C=O) groups is 3. The van der Waals surface area contributed by atoms with Gasteiger partial charge in [0.15, 0.2) is 0 Å². The highest BCUT2D eigenvalue weighted by Gasteiger charge is 2.37. The second-order valence-corrected chi connectivity index (χ2v) is 7.82. The van der Waals surface area contributed by atoms with Crippen molar-refractivity contribution >= 4 is 29.3 Å². The third-order valence-electron chi connectivity index (χ3n) is 5.22. The molecular weight excluding hydrogens is 466 g/mol. The van der Waals surface area contributed by atoms with E-state index in [-0.39, 0.29) is 31.4 Å². The van der Waals surface area contributed by atoms with Gasteiger partial charge < -0.3 is 35.8 Å². The van der Waals surface area contributed by atoms with Crippen LogP contribution in [0.25, 0.3) is 0 Å². The molecule has 1 atom stereocenters. The molecule has 2 amide bonds. The summed E-state index contributed by atoms with van der Waals surface area (Å²) >= 11 is 0. The lowest BCUT2D eigenvalue weighted by Crippen LogP contribution is -2.48. The first kappa shape index (κ1) is 28.1. The van der Waals surface area contributed by atoms with E-state index < -0.39 is 18.1 Å². The molecule has 1 heterocycles. The van der Waals surface area contributed by atoms with Gasteiger partial charge in [-0.3, -0.25) is 19.8 Å². The second-order valence-electron chi connectivity index (χ2n) is 7.82. The molecule has 194 valence electrons. The summed E-state index contributed by atoms with van der Waals surface area (Å²) in [6, 6.07) is 10.6. The largest absolute Gasteiger partial charge is 0.497 e. The second kappa shape index (κ2) is 13.1. The van der Waals surface area contributed by atoms with Crippen LogP contribution in [0.3, 0.4) is 0 Å². The van der Waals surface area contributed by atoms with Crippen LogP contribution >= 0.6 is 0 Å². The van der Waals surface area contributed by atoms with E-state index in [1.54, 1.807) is 44.4 Å². The van der Waals surface area contributed by atoms with E-state index in [9.17, 15) is 9.59 Å². The Hall–Kier alpha value is -4.12. The SMILES string of the molecule is CC(=O)O.CCNc1cc(C(=N)N)ccc1CNC(=O)C(OCC)N1Cc2cc(OC)ccc2C1=O. The molecule has 1 aliphatic heterocycles. The Labute approximate surface area is 210 Å². The van der Waals surface area contributed by atoms with Crippen LogP contribution < -0.4 is 21.1 Å². The quantitative estimate of drug-likeness (QED) is 0.245. The molecule has 3 rings (SSSR count). The smallest absolute Gasteiger partial charge is 0.300 e. The van der Waals surface area contributed by atoms with E-state index in [1.807, 2.05) is 13.0 Å². The first-order valence-electron chi connectivity index (χ1n) is 11.4. The van der Waals surface area contributed by atoms with Crippen LogP contribution in [0.1, 0.15) is 47.8 Å². The van der Waals surface area contributed by atoms with Crippen LogP contribution in [0.2, 0.25) is 0 Å². The van der Waals surface area contributed by atoms with Crippen LogP contribution in [0.4, 0.5) is 5.69 Å². The van der Waals surface area contributed by atoms with Crippen molar-refractivity contribution in [2.75, 3.05) is 25.6 Å². The zero-order chi connectivity index (χ0) is 26.8. The molecule has 11 heteroatoms. The zero-order valence-electron chi connectivity index (χ0n) is 20.9. The number of carbonyl (C=O) groups excluding carboxylic acids is 2. The zero-order valence-corrected chi connectivity index (χ0v) is 20.9. The minimum absolute atomic E-state index is 0.0279. The van der Waals surface area contributed by atoms with Gasteiger partial charge in [0.25, 0.3) is 17.8 Å². The van der Waals surface area contributed by atoms with Gasteiger partial charge in [0, 0.05) is 50.0 Å². The van der Waals surface area contributed by atoms with Gasteiger partial charge in [0.1, 0.15) is 11.6 Å². The molecule has 1 unspecified atom stereocenters. The molecule has 0 aromatic heterocycles. The van der Waals surface area contributed by atoms with Crippen molar-refractivity contribution < 1.29 is 29.0 Å². The number of anilines is 1. The number of ether oxygens (including phenoxy) is 2. The molecule has 0 radical (unpaired) electrons. The highest BCUT2D eigenvalue weighted by Crippen LogP contribution is 2.28. The van der Waals surface area contributed by atoms with Gasteiger partial charge in [0.2, 0.25) is 6.23 Å². The van der Waals surface area contributed by atoms with Gasteiger partial charge in [-0.15, -0.1) is 0 Å². The van der Waals surface area contributed by atoms with Gasteiger partial charge in [-0.2, -0.15) is 0 Å². The first-order valence-corrected chi connectivity index (χ1v) is 11.4. The number of nitrogens with zero attached hydrogens (tertiary/aromatic N) is 1. The lowest BCUT2D eigenvalue weighted by molar-refractivity contribution is -0.143. The van der Waals surface area contributed by atoms with Crippen molar-refractivity contribution in [2.24, 2.45) is 5.73 Å². The summed E-state index contributed by atoms with van der Waals surface area (Å²) in [6.45, 7) is 6.26. The molecular formula is C25H33N5O6. The molecule has 1 aliphatic rings. The van der Waals surface area contributed by atoms with Gasteiger partial charge in [-0.1, -0.05) is 12.1 Å². The first-order chi connectivity index (χ1) is 17.1. The van der Waals surface area contributed by atoms with E-state index in [4.69, 9.17) is 30.5 Å². The highest BCUT2D eigenvalue weighted by molar-refractivity contribution is 6.01. The number of nitrogens with one attached hydrogen (secondary N) is 3. The highest BCUT2D eigenvalue weighted by atomic mass is 16.5. The summed E-state index contributed by atoms with van der Waals surface area (Å²) in [7, 11) is 1.57. The van der Waals surface area contributed by atoms with Gasteiger partial charge in [-0.25, -0.2) is 0 Å². The molecule has 0 fully saturated rings. The van der Waals surface area contributed by atoms with Crippen molar-refractivity contribution in [3.8, 4) is 5.75 Å². The van der Waals surface area contributed by atoms with Crippen LogP contribution in [-0.2, 0) is 27.4 Å². The number of benzene rings is 2. The summed E-state index contributed by atoms with van der Waals surface area (Å²) < 4.78 is 10.9. The lowest BCUT2D eigenvalue weighted by atomic mass is 10.1. The number of nitrogen functional groups attached to an aromatic ring is 1. The lowest BCUT2D eigenvalue weighted by Gasteiger charge is -2.26. The van der Waals surface area contributed by atoms with E-state index in [1.165, 1.54) is 4.90 Å². The van der Waals surface area contributed by atoms with Crippen molar-refractivity contribution in [2.45, 2.75) is 40.1 Å². The molecule has 0 bridgehead atoms. The predicted octanol–water partition coefficient (Wildman–Crippen LogP) is 2.14.